The summed E-state index contributed by atoms with van der Waals surface area (Å²) >= 11 is 5.91. The number of halogens is 2. The van der Waals surface area contributed by atoms with Crippen molar-refractivity contribution >= 4 is 28.9 Å². The number of hydrogen-bond acceptors (Lipinski definition) is 3. The molecule has 1 heterocycles. The molecular weight excluding hydrogens is 511 g/mol. The van der Waals surface area contributed by atoms with Crippen LogP contribution in [0.1, 0.15) is 44.1 Å². The summed E-state index contributed by atoms with van der Waals surface area (Å²) in [4.78, 5) is 21.5. The van der Waals surface area contributed by atoms with Crippen LogP contribution in [0.25, 0.3) is 16.0 Å². The predicted octanol–water partition coefficient (Wildman–Crippen LogP) is 7.50. The summed E-state index contributed by atoms with van der Waals surface area (Å²) in [6.45, 7) is 9.53. The predicted molar refractivity (Wildman–Crippen MR) is 156 cm³/mol. The van der Waals surface area contributed by atoms with Crippen molar-refractivity contribution in [1.82, 2.24) is 9.80 Å². The van der Waals surface area contributed by atoms with Gasteiger partial charge in [0.25, 0.3) is 0 Å². The lowest BCUT2D eigenvalue weighted by molar-refractivity contribution is -0.119. The van der Waals surface area contributed by atoms with Gasteiger partial charge in [-0.2, -0.15) is 0 Å². The fourth-order valence-corrected chi connectivity index (χ4v) is 6.47. The SMILES string of the molecule is [C-]#[N+]c1cccc(-c2ccc(C3(N(C)CC(=O)Nc4ccc(F)c(Cl)c4)CCN(C4CCCC4)CC3)cc2)c1. The Morgan fingerprint density at radius 3 is 2.46 bits per heavy atom. The van der Waals surface area contributed by atoms with E-state index in [1.54, 1.807) is 0 Å². The van der Waals surface area contributed by atoms with Gasteiger partial charge in [-0.25, -0.2) is 9.24 Å². The zero-order valence-corrected chi connectivity index (χ0v) is 23.1. The second kappa shape index (κ2) is 11.9. The first kappa shape index (κ1) is 27.3. The molecule has 39 heavy (non-hydrogen) atoms. The van der Waals surface area contributed by atoms with Crippen LogP contribution in [0.15, 0.2) is 66.7 Å². The number of nitrogens with zero attached hydrogens (tertiary/aromatic N) is 3. The highest BCUT2D eigenvalue weighted by Crippen LogP contribution is 2.41. The second-order valence-electron chi connectivity index (χ2n) is 10.8. The number of hydrogen-bond donors (Lipinski definition) is 1. The molecule has 1 saturated heterocycles. The Kier molecular flexibility index (Phi) is 8.32. The zero-order valence-electron chi connectivity index (χ0n) is 22.3. The molecule has 1 N–H and O–H groups in total. The number of likely N-dealkylation sites (N-methyl/N-ethyl adjacent to an activating group) is 1. The van der Waals surface area contributed by atoms with Gasteiger partial charge < -0.3 is 10.2 Å². The van der Waals surface area contributed by atoms with Crippen molar-refractivity contribution in [2.45, 2.75) is 50.1 Å². The van der Waals surface area contributed by atoms with Crippen molar-refractivity contribution in [3.05, 3.63) is 94.6 Å². The van der Waals surface area contributed by atoms with E-state index in [1.807, 2.05) is 31.3 Å². The van der Waals surface area contributed by atoms with Crippen molar-refractivity contribution in [2.24, 2.45) is 0 Å². The standard InChI is InChI=1S/C32H34ClFN4O/c1-35-26-7-5-6-24(20-26)23-10-12-25(13-11-23)32(16-18-38(19-17-32)28-8-3-4-9-28)37(2)22-31(39)36-27-14-15-30(34)29(33)21-27/h5-7,10-15,20-21,28H,3-4,8-9,16-19,22H2,2H3,(H,36,39). The van der Waals surface area contributed by atoms with Crippen LogP contribution in [-0.4, -0.2) is 48.4 Å². The maximum absolute atomic E-state index is 13.6. The molecule has 0 aromatic heterocycles. The summed E-state index contributed by atoms with van der Waals surface area (Å²) in [7, 11) is 2.02. The van der Waals surface area contributed by atoms with Gasteiger partial charge in [0.1, 0.15) is 5.82 Å². The van der Waals surface area contributed by atoms with Gasteiger partial charge in [0, 0.05) is 30.4 Å². The molecule has 0 bridgehead atoms. The summed E-state index contributed by atoms with van der Waals surface area (Å²) in [6.07, 6.45) is 7.06. The molecule has 3 aromatic rings. The topological polar surface area (TPSA) is 39.9 Å². The lowest BCUT2D eigenvalue weighted by Crippen LogP contribution is -2.54. The largest absolute Gasteiger partial charge is 0.325 e. The van der Waals surface area contributed by atoms with Crippen LogP contribution in [0.4, 0.5) is 15.8 Å². The van der Waals surface area contributed by atoms with Crippen LogP contribution >= 0.6 is 11.6 Å². The Hall–Kier alpha value is -3.24. The van der Waals surface area contributed by atoms with Gasteiger partial charge in [0.2, 0.25) is 5.91 Å². The highest BCUT2D eigenvalue weighted by atomic mass is 35.5. The normalized spacial score (nSPS) is 17.7. The van der Waals surface area contributed by atoms with Crippen molar-refractivity contribution in [2.75, 3.05) is 32.0 Å². The molecule has 3 aromatic carbocycles. The van der Waals surface area contributed by atoms with Gasteiger partial charge in [-0.3, -0.25) is 9.69 Å². The molecule has 0 spiro atoms. The lowest BCUT2D eigenvalue weighted by atomic mass is 9.78. The van der Waals surface area contributed by atoms with Gasteiger partial charge in [0.05, 0.1) is 18.1 Å². The number of carbonyl (C=O) groups excluding carboxylic acids is 1. The van der Waals surface area contributed by atoms with Crippen LogP contribution in [0.2, 0.25) is 5.02 Å². The van der Waals surface area contributed by atoms with E-state index in [-0.39, 0.29) is 23.0 Å². The summed E-state index contributed by atoms with van der Waals surface area (Å²) in [5.74, 6) is -0.672. The van der Waals surface area contributed by atoms with E-state index >= 15 is 0 Å². The average Bonchev–Trinajstić information content (AvgIpc) is 3.50. The van der Waals surface area contributed by atoms with Crippen molar-refractivity contribution in [1.29, 1.82) is 0 Å². The monoisotopic (exact) mass is 544 g/mol. The van der Waals surface area contributed by atoms with Crippen molar-refractivity contribution in [3.8, 4) is 11.1 Å². The van der Waals surface area contributed by atoms with E-state index in [0.29, 0.717) is 17.4 Å². The molecule has 5 rings (SSSR count). The minimum absolute atomic E-state index is 0.0149. The van der Waals surface area contributed by atoms with Gasteiger partial charge >= 0.3 is 0 Å². The lowest BCUT2D eigenvalue weighted by Gasteiger charge is -2.49. The van der Waals surface area contributed by atoms with E-state index in [1.165, 1.54) is 49.4 Å². The average molecular weight is 545 g/mol. The number of carbonyl (C=O) groups is 1. The third kappa shape index (κ3) is 6.01. The van der Waals surface area contributed by atoms with Crippen molar-refractivity contribution < 1.29 is 9.18 Å². The molecule has 1 aliphatic carbocycles. The molecule has 0 atom stereocenters. The van der Waals surface area contributed by atoms with E-state index in [0.717, 1.165) is 37.1 Å². The molecule has 1 amide bonds. The minimum Gasteiger partial charge on any atom is -0.325 e. The first-order valence-corrected chi connectivity index (χ1v) is 14.0. The number of piperidine rings is 1. The van der Waals surface area contributed by atoms with Gasteiger partial charge in [0.15, 0.2) is 5.69 Å². The van der Waals surface area contributed by atoms with Crippen molar-refractivity contribution in [3.63, 3.8) is 0 Å². The van der Waals surface area contributed by atoms with Crippen LogP contribution in [-0.2, 0) is 10.3 Å². The maximum Gasteiger partial charge on any atom is 0.238 e. The quantitative estimate of drug-likeness (QED) is 0.313. The zero-order chi connectivity index (χ0) is 27.4. The molecule has 0 radical (unpaired) electrons. The Morgan fingerprint density at radius 2 is 1.79 bits per heavy atom. The number of anilines is 1. The van der Waals surface area contributed by atoms with Crippen LogP contribution < -0.4 is 5.32 Å². The number of amides is 1. The summed E-state index contributed by atoms with van der Waals surface area (Å²) in [6, 6.07) is 21.2. The minimum atomic E-state index is -0.510. The van der Waals surface area contributed by atoms with Crippen LogP contribution in [0.5, 0.6) is 0 Å². The Labute approximate surface area is 235 Å². The van der Waals surface area contributed by atoms with Gasteiger partial charge in [-0.1, -0.05) is 66.9 Å². The fraction of sp³-hybridized carbons (Fsp3) is 0.375. The van der Waals surface area contributed by atoms with E-state index < -0.39 is 5.82 Å². The third-order valence-electron chi connectivity index (χ3n) is 8.51. The summed E-state index contributed by atoms with van der Waals surface area (Å²) < 4.78 is 13.6. The van der Waals surface area contributed by atoms with Gasteiger partial charge in [-0.15, -0.1) is 0 Å². The van der Waals surface area contributed by atoms with Crippen LogP contribution in [0.3, 0.4) is 0 Å². The first-order chi connectivity index (χ1) is 18.9. The Morgan fingerprint density at radius 1 is 1.08 bits per heavy atom. The number of rotatable bonds is 7. The highest BCUT2D eigenvalue weighted by molar-refractivity contribution is 6.31. The maximum atomic E-state index is 13.6. The summed E-state index contributed by atoms with van der Waals surface area (Å²) in [5, 5.41) is 2.86. The fourth-order valence-electron chi connectivity index (χ4n) is 6.29. The molecule has 2 fully saturated rings. The molecular formula is C32H34ClFN4O. The second-order valence-corrected chi connectivity index (χ2v) is 11.2. The smallest absolute Gasteiger partial charge is 0.238 e. The van der Waals surface area contributed by atoms with Crippen LogP contribution in [0, 0.1) is 12.4 Å². The number of likely N-dealkylation sites (tertiary alicyclic amines) is 1. The first-order valence-electron chi connectivity index (χ1n) is 13.7. The number of nitrogens with one attached hydrogen (secondary N) is 1. The highest BCUT2D eigenvalue weighted by Gasteiger charge is 2.41. The molecule has 2 aliphatic rings. The molecule has 202 valence electrons. The van der Waals surface area contributed by atoms with Gasteiger partial charge in [-0.05, 0) is 73.7 Å². The Balaban J connectivity index is 1.37. The summed E-state index contributed by atoms with van der Waals surface area (Å²) in [5.41, 5.74) is 4.10. The Bertz CT molecular complexity index is 1360. The van der Waals surface area contributed by atoms with E-state index in [9.17, 15) is 9.18 Å². The number of benzene rings is 3. The molecule has 1 aliphatic heterocycles. The molecule has 7 heteroatoms. The molecule has 0 unspecified atom stereocenters. The third-order valence-corrected chi connectivity index (χ3v) is 8.80. The van der Waals surface area contributed by atoms with E-state index in [2.05, 4.69) is 44.2 Å². The molecule has 1 saturated carbocycles. The van der Waals surface area contributed by atoms with E-state index in [4.69, 9.17) is 18.2 Å². The molecule has 5 nitrogen and oxygen atoms in total.